The highest BCUT2D eigenvalue weighted by molar-refractivity contribution is 8.26. The number of aromatic nitrogens is 1. The van der Waals surface area contributed by atoms with Crippen LogP contribution in [-0.4, -0.2) is 33.2 Å². The van der Waals surface area contributed by atoms with Crippen molar-refractivity contribution in [2.24, 2.45) is 0 Å². The van der Waals surface area contributed by atoms with Gasteiger partial charge in [-0.1, -0.05) is 23.4 Å². The average Bonchev–Trinajstić information content (AvgIpc) is 2.82. The first-order chi connectivity index (χ1) is 11.9. The minimum Gasteiger partial charge on any atom is -0.494 e. The maximum absolute atomic E-state index is 12.4. The van der Waals surface area contributed by atoms with Gasteiger partial charge < -0.3 is 4.74 Å². The molecule has 0 saturated carbocycles. The highest BCUT2D eigenvalue weighted by atomic mass is 35.5. The quantitative estimate of drug-likeness (QED) is 0.638. The lowest BCUT2D eigenvalue weighted by Gasteiger charge is -2.13. The molecule has 1 aliphatic rings. The zero-order valence-electron chi connectivity index (χ0n) is 13.2. The maximum atomic E-state index is 12.4. The third-order valence-electron chi connectivity index (χ3n) is 3.35. The number of benzene rings is 1. The molecule has 128 valence electrons. The molecule has 0 radical (unpaired) electrons. The number of nitrogens with zero attached hydrogens (tertiary/aromatic N) is 2. The number of thiocarbonyl (C=S) groups is 1. The van der Waals surface area contributed by atoms with E-state index in [1.54, 1.807) is 31.4 Å². The van der Waals surface area contributed by atoms with Crippen molar-refractivity contribution >= 4 is 68.7 Å². The number of carbonyl (C=O) groups is 2. The second-order valence-electron chi connectivity index (χ2n) is 5.07. The Hall–Kier alpha value is -2.16. The van der Waals surface area contributed by atoms with Crippen LogP contribution >= 0.6 is 35.6 Å². The van der Waals surface area contributed by atoms with Gasteiger partial charge in [0.25, 0.3) is 5.91 Å². The molecule has 1 fully saturated rings. The van der Waals surface area contributed by atoms with Gasteiger partial charge in [0.2, 0.25) is 5.91 Å². The van der Waals surface area contributed by atoms with Gasteiger partial charge in [-0.25, -0.2) is 4.98 Å². The summed E-state index contributed by atoms with van der Waals surface area (Å²) >= 11 is 12.4. The normalized spacial score (nSPS) is 16.0. The van der Waals surface area contributed by atoms with Crippen molar-refractivity contribution in [2.75, 3.05) is 7.11 Å². The number of hydrazine groups is 1. The van der Waals surface area contributed by atoms with Gasteiger partial charge in [-0.3, -0.25) is 15.0 Å². The standard InChI is InChI=1S/C16H12ClN3O3S2/c1-8(21)19-20-15(22)13(25-16(20)24)7-9-3-4-10-11(17)5-6-12(23-2)14(10)18-9/h3-7H,1-2H3,(H,19,21)/b13-7-. The van der Waals surface area contributed by atoms with Crippen molar-refractivity contribution < 1.29 is 14.3 Å². The number of pyridine rings is 1. The number of ether oxygens (including phenoxy) is 1. The molecular weight excluding hydrogens is 382 g/mol. The van der Waals surface area contributed by atoms with Crippen LogP contribution in [0.1, 0.15) is 12.6 Å². The van der Waals surface area contributed by atoms with Gasteiger partial charge in [-0.15, -0.1) is 0 Å². The lowest BCUT2D eigenvalue weighted by Crippen LogP contribution is -2.43. The van der Waals surface area contributed by atoms with Gasteiger partial charge in [0.05, 0.1) is 22.7 Å². The Morgan fingerprint density at radius 3 is 2.84 bits per heavy atom. The molecule has 1 aromatic carbocycles. The summed E-state index contributed by atoms with van der Waals surface area (Å²) in [6, 6.07) is 7.03. The molecule has 0 aliphatic carbocycles. The minimum absolute atomic E-state index is 0.257. The molecule has 2 aromatic rings. The van der Waals surface area contributed by atoms with Crippen molar-refractivity contribution in [1.29, 1.82) is 0 Å². The zero-order chi connectivity index (χ0) is 18.1. The Balaban J connectivity index is 2.00. The van der Waals surface area contributed by atoms with Crippen molar-refractivity contribution in [3.8, 4) is 5.75 Å². The van der Waals surface area contributed by atoms with E-state index in [9.17, 15) is 9.59 Å². The predicted octanol–water partition coefficient (Wildman–Crippen LogP) is 3.15. The van der Waals surface area contributed by atoms with Crippen LogP contribution in [0.25, 0.3) is 17.0 Å². The summed E-state index contributed by atoms with van der Waals surface area (Å²) < 4.78 is 5.57. The van der Waals surface area contributed by atoms with Crippen molar-refractivity contribution in [1.82, 2.24) is 15.4 Å². The average molecular weight is 394 g/mol. The largest absolute Gasteiger partial charge is 0.494 e. The number of nitrogens with one attached hydrogen (secondary N) is 1. The van der Waals surface area contributed by atoms with Crippen LogP contribution in [0.2, 0.25) is 5.02 Å². The number of methoxy groups -OCH3 is 1. The van der Waals surface area contributed by atoms with E-state index in [4.69, 9.17) is 28.6 Å². The fourth-order valence-corrected chi connectivity index (χ4v) is 3.65. The van der Waals surface area contributed by atoms with Crippen molar-refractivity contribution in [3.63, 3.8) is 0 Å². The number of thioether (sulfide) groups is 1. The highest BCUT2D eigenvalue weighted by Gasteiger charge is 2.33. The van der Waals surface area contributed by atoms with Gasteiger partial charge in [-0.05, 0) is 42.6 Å². The summed E-state index contributed by atoms with van der Waals surface area (Å²) in [7, 11) is 1.55. The van der Waals surface area contributed by atoms with E-state index in [1.165, 1.54) is 6.92 Å². The summed E-state index contributed by atoms with van der Waals surface area (Å²) in [6.45, 7) is 1.31. The molecule has 0 bridgehead atoms. The fourth-order valence-electron chi connectivity index (χ4n) is 2.27. The van der Waals surface area contributed by atoms with Crippen LogP contribution in [-0.2, 0) is 9.59 Å². The summed E-state index contributed by atoms with van der Waals surface area (Å²) in [5.74, 6) is -0.189. The number of hydrogen-bond donors (Lipinski definition) is 1. The maximum Gasteiger partial charge on any atom is 0.285 e. The number of rotatable bonds is 3. The van der Waals surface area contributed by atoms with Gasteiger partial charge in [0.15, 0.2) is 4.32 Å². The van der Waals surface area contributed by atoms with Crippen LogP contribution < -0.4 is 10.2 Å². The summed E-state index contributed by atoms with van der Waals surface area (Å²) in [5.41, 5.74) is 3.55. The van der Waals surface area contributed by atoms with E-state index in [2.05, 4.69) is 10.4 Å². The number of hydrogen-bond acceptors (Lipinski definition) is 6. The van der Waals surface area contributed by atoms with Gasteiger partial charge in [0, 0.05) is 12.3 Å². The Morgan fingerprint density at radius 2 is 2.16 bits per heavy atom. The SMILES string of the molecule is COc1ccc(Cl)c2ccc(/C=C3\SC(=S)N(NC(C)=O)C3=O)nc12. The van der Waals surface area contributed by atoms with E-state index < -0.39 is 5.91 Å². The lowest BCUT2D eigenvalue weighted by molar-refractivity contribution is -0.131. The van der Waals surface area contributed by atoms with Crippen LogP contribution in [0.4, 0.5) is 0 Å². The lowest BCUT2D eigenvalue weighted by atomic mass is 10.2. The minimum atomic E-state index is -0.398. The van der Waals surface area contributed by atoms with Crippen molar-refractivity contribution in [2.45, 2.75) is 6.92 Å². The molecular formula is C16H12ClN3O3S2. The zero-order valence-corrected chi connectivity index (χ0v) is 15.6. The smallest absolute Gasteiger partial charge is 0.285 e. The molecule has 2 amide bonds. The first kappa shape index (κ1) is 17.7. The molecule has 1 aromatic heterocycles. The Morgan fingerprint density at radius 1 is 1.40 bits per heavy atom. The third-order valence-corrected chi connectivity index (χ3v) is 4.98. The van der Waals surface area contributed by atoms with E-state index in [0.29, 0.717) is 26.9 Å². The molecule has 0 spiro atoms. The molecule has 1 saturated heterocycles. The van der Waals surface area contributed by atoms with E-state index in [-0.39, 0.29) is 10.2 Å². The van der Waals surface area contributed by atoms with Crippen LogP contribution in [0.5, 0.6) is 5.75 Å². The number of amides is 2. The number of halogens is 1. The first-order valence-corrected chi connectivity index (χ1v) is 8.69. The van der Waals surface area contributed by atoms with E-state index in [1.807, 2.05) is 6.07 Å². The molecule has 1 aliphatic heterocycles. The fraction of sp³-hybridized carbons (Fsp3) is 0.125. The summed E-state index contributed by atoms with van der Waals surface area (Å²) in [5, 5.41) is 2.36. The van der Waals surface area contributed by atoms with E-state index in [0.717, 1.165) is 22.2 Å². The van der Waals surface area contributed by atoms with Crippen molar-refractivity contribution in [3.05, 3.63) is 39.9 Å². The topological polar surface area (TPSA) is 71.5 Å². The van der Waals surface area contributed by atoms with Gasteiger partial charge in [0.1, 0.15) is 11.3 Å². The summed E-state index contributed by atoms with van der Waals surface area (Å²) in [6.07, 6.45) is 1.61. The molecule has 9 heteroatoms. The number of carbonyl (C=O) groups excluding carboxylic acids is 2. The molecule has 0 unspecified atom stereocenters. The Kier molecular flexibility index (Phi) is 4.94. The van der Waals surface area contributed by atoms with Gasteiger partial charge in [-0.2, -0.15) is 5.01 Å². The van der Waals surface area contributed by atoms with E-state index >= 15 is 0 Å². The molecule has 3 rings (SSSR count). The monoisotopic (exact) mass is 393 g/mol. The predicted molar refractivity (Wildman–Crippen MR) is 102 cm³/mol. The second kappa shape index (κ2) is 6.99. The third kappa shape index (κ3) is 3.46. The number of fused-ring (bicyclic) bond motifs is 1. The molecule has 25 heavy (non-hydrogen) atoms. The first-order valence-electron chi connectivity index (χ1n) is 7.09. The van der Waals surface area contributed by atoms with Crippen LogP contribution in [0.3, 0.4) is 0 Å². The Bertz CT molecular complexity index is 946. The molecule has 1 N–H and O–H groups in total. The molecule has 2 heterocycles. The molecule has 0 atom stereocenters. The Labute approximate surface area is 158 Å². The second-order valence-corrected chi connectivity index (χ2v) is 7.15. The molecule has 6 nitrogen and oxygen atoms in total. The van der Waals surface area contributed by atoms with Crippen LogP contribution in [0, 0.1) is 0 Å². The highest BCUT2D eigenvalue weighted by Crippen LogP contribution is 2.33. The van der Waals surface area contributed by atoms with Gasteiger partial charge >= 0.3 is 0 Å². The van der Waals surface area contributed by atoms with Crippen LogP contribution in [0.15, 0.2) is 29.2 Å². The summed E-state index contributed by atoms with van der Waals surface area (Å²) in [4.78, 5) is 28.4.